The van der Waals surface area contributed by atoms with E-state index >= 15 is 0 Å². The van der Waals surface area contributed by atoms with Crippen LogP contribution in [-0.4, -0.2) is 14.8 Å². The lowest BCUT2D eigenvalue weighted by molar-refractivity contribution is -0.105. The van der Waals surface area contributed by atoms with Crippen molar-refractivity contribution in [3.8, 4) is 0 Å². The van der Waals surface area contributed by atoms with E-state index in [1.807, 2.05) is 0 Å². The molecule has 0 radical (unpaired) electrons. The smallest absolute Gasteiger partial charge is 0.261 e. The highest BCUT2D eigenvalue weighted by Crippen LogP contribution is 2.19. The molecule has 0 spiro atoms. The van der Waals surface area contributed by atoms with Crippen molar-refractivity contribution in [3.63, 3.8) is 0 Å². The quantitative estimate of drug-likeness (QED) is 0.830. The van der Waals surface area contributed by atoms with E-state index in [9.17, 15) is 17.6 Å². The summed E-state index contributed by atoms with van der Waals surface area (Å²) >= 11 is 0. The summed E-state index contributed by atoms with van der Waals surface area (Å²) in [6, 6.07) is 11.0. The summed E-state index contributed by atoms with van der Waals surface area (Å²) in [5.74, 6) is -0.657. The Morgan fingerprint density at radius 2 is 1.65 bits per heavy atom. The minimum absolute atomic E-state index is 0.0304. The molecule has 2 N–H and O–H groups in total. The van der Waals surface area contributed by atoms with Gasteiger partial charge in [0, 0.05) is 5.69 Å². The third-order valence-corrected chi connectivity index (χ3v) is 3.89. The minimum Gasteiger partial charge on any atom is -0.329 e. The van der Waals surface area contributed by atoms with Crippen molar-refractivity contribution in [3.05, 3.63) is 54.3 Å². The SMILES string of the molecule is O=CNc1ccc(S(=O)(=O)Nc2ccccc2F)cc1. The molecule has 1 amide bonds. The van der Waals surface area contributed by atoms with Crippen molar-refractivity contribution in [2.75, 3.05) is 10.0 Å². The number of rotatable bonds is 5. The van der Waals surface area contributed by atoms with Gasteiger partial charge in [0.05, 0.1) is 10.6 Å². The van der Waals surface area contributed by atoms with Gasteiger partial charge in [-0.15, -0.1) is 0 Å². The Balaban J connectivity index is 2.26. The van der Waals surface area contributed by atoms with E-state index in [1.165, 1.54) is 42.5 Å². The maximum atomic E-state index is 13.4. The van der Waals surface area contributed by atoms with Crippen molar-refractivity contribution in [2.24, 2.45) is 0 Å². The maximum Gasteiger partial charge on any atom is 0.261 e. The molecule has 2 rings (SSSR count). The molecule has 104 valence electrons. The number of para-hydroxylation sites is 1. The lowest BCUT2D eigenvalue weighted by Crippen LogP contribution is -2.13. The highest BCUT2D eigenvalue weighted by Gasteiger charge is 2.15. The molecule has 0 bridgehead atoms. The molecule has 0 aromatic heterocycles. The summed E-state index contributed by atoms with van der Waals surface area (Å²) < 4.78 is 39.7. The molecule has 2 aromatic carbocycles. The van der Waals surface area contributed by atoms with Crippen molar-refractivity contribution in [1.29, 1.82) is 0 Å². The molecule has 0 aliphatic rings. The first-order valence-corrected chi connectivity index (χ1v) is 7.09. The topological polar surface area (TPSA) is 75.3 Å². The first kappa shape index (κ1) is 14.0. The second-order valence-corrected chi connectivity index (χ2v) is 5.55. The standard InChI is InChI=1S/C13H11FN2O3S/c14-12-3-1-2-4-13(12)16-20(18,19)11-7-5-10(6-8-11)15-9-17/h1-9,16H,(H,15,17). The average molecular weight is 294 g/mol. The summed E-state index contributed by atoms with van der Waals surface area (Å²) in [5.41, 5.74) is 0.340. The molecule has 0 saturated heterocycles. The fourth-order valence-corrected chi connectivity index (χ4v) is 2.61. The third kappa shape index (κ3) is 3.12. The lowest BCUT2D eigenvalue weighted by Gasteiger charge is -2.09. The van der Waals surface area contributed by atoms with Gasteiger partial charge in [-0.1, -0.05) is 12.1 Å². The molecule has 7 heteroatoms. The number of sulfonamides is 1. The van der Waals surface area contributed by atoms with Crippen LogP contribution in [0.5, 0.6) is 0 Å². The Kier molecular flexibility index (Phi) is 3.99. The molecule has 0 heterocycles. The zero-order valence-electron chi connectivity index (χ0n) is 10.2. The van der Waals surface area contributed by atoms with Gasteiger partial charge < -0.3 is 5.32 Å². The number of hydrogen-bond acceptors (Lipinski definition) is 3. The predicted octanol–water partition coefficient (Wildman–Crippen LogP) is 2.19. The Morgan fingerprint density at radius 3 is 2.25 bits per heavy atom. The van der Waals surface area contributed by atoms with E-state index in [4.69, 9.17) is 0 Å². The van der Waals surface area contributed by atoms with Crippen LogP contribution < -0.4 is 10.0 Å². The Morgan fingerprint density at radius 1 is 1.00 bits per heavy atom. The van der Waals surface area contributed by atoms with Gasteiger partial charge in [0.2, 0.25) is 6.41 Å². The van der Waals surface area contributed by atoms with Gasteiger partial charge in [-0.2, -0.15) is 0 Å². The second kappa shape index (κ2) is 5.70. The molecular weight excluding hydrogens is 283 g/mol. The number of carbonyl (C=O) groups excluding carboxylic acids is 1. The number of nitrogens with one attached hydrogen (secondary N) is 2. The number of amides is 1. The van der Waals surface area contributed by atoms with Gasteiger partial charge in [-0.3, -0.25) is 9.52 Å². The normalized spacial score (nSPS) is 10.8. The van der Waals surface area contributed by atoms with Crippen LogP contribution >= 0.6 is 0 Å². The van der Waals surface area contributed by atoms with Crippen LogP contribution in [0.15, 0.2) is 53.4 Å². The number of halogens is 1. The van der Waals surface area contributed by atoms with Gasteiger partial charge in [0.25, 0.3) is 10.0 Å². The van der Waals surface area contributed by atoms with Crippen LogP contribution in [-0.2, 0) is 14.8 Å². The highest BCUT2D eigenvalue weighted by molar-refractivity contribution is 7.92. The highest BCUT2D eigenvalue weighted by atomic mass is 32.2. The molecule has 2 aromatic rings. The van der Waals surface area contributed by atoms with E-state index < -0.39 is 15.8 Å². The Labute approximate surface area is 115 Å². The predicted molar refractivity (Wildman–Crippen MR) is 73.3 cm³/mol. The Hall–Kier alpha value is -2.41. The first-order chi connectivity index (χ1) is 9.53. The number of anilines is 2. The molecule has 0 fully saturated rings. The molecule has 0 unspecified atom stereocenters. The van der Waals surface area contributed by atoms with Gasteiger partial charge in [-0.05, 0) is 36.4 Å². The van der Waals surface area contributed by atoms with E-state index in [1.54, 1.807) is 0 Å². The minimum atomic E-state index is -3.87. The Bertz CT molecular complexity index is 715. The van der Waals surface area contributed by atoms with Crippen LogP contribution in [0.1, 0.15) is 0 Å². The number of carbonyl (C=O) groups is 1. The van der Waals surface area contributed by atoms with Gasteiger partial charge >= 0.3 is 0 Å². The summed E-state index contributed by atoms with van der Waals surface area (Å²) in [7, 11) is -3.87. The molecule has 0 aliphatic heterocycles. The van der Waals surface area contributed by atoms with Crippen LogP contribution in [0.3, 0.4) is 0 Å². The maximum absolute atomic E-state index is 13.4. The van der Waals surface area contributed by atoms with Crippen molar-refractivity contribution in [1.82, 2.24) is 0 Å². The molecule has 0 atom stereocenters. The average Bonchev–Trinajstić information content (AvgIpc) is 2.42. The molecule has 20 heavy (non-hydrogen) atoms. The molecule has 0 aliphatic carbocycles. The third-order valence-electron chi connectivity index (χ3n) is 2.51. The fourth-order valence-electron chi connectivity index (χ4n) is 1.55. The second-order valence-electron chi connectivity index (χ2n) is 3.87. The lowest BCUT2D eigenvalue weighted by atomic mass is 10.3. The first-order valence-electron chi connectivity index (χ1n) is 5.60. The van der Waals surface area contributed by atoms with Crippen molar-refractivity contribution in [2.45, 2.75) is 4.90 Å². The van der Waals surface area contributed by atoms with E-state index in [0.717, 1.165) is 6.07 Å². The largest absolute Gasteiger partial charge is 0.329 e. The van der Waals surface area contributed by atoms with Crippen LogP contribution in [0, 0.1) is 5.82 Å². The van der Waals surface area contributed by atoms with Gasteiger partial charge in [0.15, 0.2) is 0 Å². The number of benzene rings is 2. The molecular formula is C13H11FN2O3S. The van der Waals surface area contributed by atoms with Crippen LogP contribution in [0.2, 0.25) is 0 Å². The monoisotopic (exact) mass is 294 g/mol. The van der Waals surface area contributed by atoms with E-state index in [-0.39, 0.29) is 10.6 Å². The summed E-state index contributed by atoms with van der Waals surface area (Å²) in [6.45, 7) is 0. The molecule has 5 nitrogen and oxygen atoms in total. The van der Waals surface area contributed by atoms with Crippen molar-refractivity contribution < 1.29 is 17.6 Å². The summed E-state index contributed by atoms with van der Waals surface area (Å²) in [6.07, 6.45) is 0.487. The summed E-state index contributed by atoms with van der Waals surface area (Å²) in [5, 5.41) is 2.39. The van der Waals surface area contributed by atoms with Crippen LogP contribution in [0.4, 0.5) is 15.8 Å². The van der Waals surface area contributed by atoms with Gasteiger partial charge in [-0.25, -0.2) is 12.8 Å². The van der Waals surface area contributed by atoms with Crippen LogP contribution in [0.25, 0.3) is 0 Å². The van der Waals surface area contributed by atoms with Crippen molar-refractivity contribution >= 4 is 27.8 Å². The van der Waals surface area contributed by atoms with E-state index in [0.29, 0.717) is 12.1 Å². The summed E-state index contributed by atoms with van der Waals surface area (Å²) in [4.78, 5) is 10.2. The van der Waals surface area contributed by atoms with E-state index in [2.05, 4.69) is 10.0 Å². The fraction of sp³-hybridized carbons (Fsp3) is 0. The zero-order chi connectivity index (χ0) is 14.6. The van der Waals surface area contributed by atoms with Gasteiger partial charge in [0.1, 0.15) is 5.82 Å². The molecule has 0 saturated carbocycles. The zero-order valence-corrected chi connectivity index (χ0v) is 11.0. The number of hydrogen-bond donors (Lipinski definition) is 2.